The predicted octanol–water partition coefficient (Wildman–Crippen LogP) is 2.04. The molecule has 0 amide bonds. The van der Waals surface area contributed by atoms with Gasteiger partial charge in [-0.05, 0) is 0 Å². The van der Waals surface area contributed by atoms with E-state index >= 15 is 0 Å². The number of rotatable bonds is 0. The van der Waals surface area contributed by atoms with Crippen molar-refractivity contribution in [1.82, 2.24) is 0 Å². The van der Waals surface area contributed by atoms with E-state index in [9.17, 15) is 0 Å². The van der Waals surface area contributed by atoms with Crippen molar-refractivity contribution < 1.29 is 35.7 Å². The first-order valence-corrected chi connectivity index (χ1v) is 6.17. The summed E-state index contributed by atoms with van der Waals surface area (Å²) in [7, 11) is -4.64. The van der Waals surface area contributed by atoms with E-state index in [1.165, 1.54) is 0 Å². The Labute approximate surface area is 116 Å². The average molecular weight is 311 g/mol. The van der Waals surface area contributed by atoms with Crippen LogP contribution >= 0.6 is 7.82 Å². The normalized spacial score (nSPS) is 8.61. The van der Waals surface area contributed by atoms with E-state index in [-0.39, 0.29) is 16.5 Å². The van der Waals surface area contributed by atoms with Crippen LogP contribution in [0.3, 0.4) is 0 Å². The van der Waals surface area contributed by atoms with E-state index in [1.807, 2.05) is 60.7 Å². The van der Waals surface area contributed by atoms with E-state index in [1.54, 1.807) is 0 Å². The fourth-order valence-corrected chi connectivity index (χ4v) is 0.684. The number of benzene rings is 2. The summed E-state index contributed by atoms with van der Waals surface area (Å²) in [5.41, 5.74) is 0. The topological polar surface area (TPSA) is 77.8 Å². The molecule has 0 fully saturated rings. The molecule has 0 spiro atoms. The van der Waals surface area contributed by atoms with Gasteiger partial charge in [-0.15, -0.1) is 0 Å². The molecular formula is C12H13NiO4P. The number of hydrogen-bond acceptors (Lipinski definition) is 1. The third-order valence-electron chi connectivity index (χ3n) is 1.21. The van der Waals surface area contributed by atoms with Crippen LogP contribution in [0.1, 0.15) is 0 Å². The predicted molar refractivity (Wildman–Crippen MR) is 64.8 cm³/mol. The van der Waals surface area contributed by atoms with Gasteiger partial charge in [-0.25, -0.2) is 4.57 Å². The zero-order valence-electron chi connectivity index (χ0n) is 9.29. The van der Waals surface area contributed by atoms with Crippen molar-refractivity contribution in [3.63, 3.8) is 0 Å². The Hall–Kier alpha value is -0.956. The van der Waals surface area contributed by atoms with Crippen LogP contribution < -0.4 is 0 Å². The van der Waals surface area contributed by atoms with Gasteiger partial charge in [-0.2, -0.15) is 72.8 Å². The molecule has 100 valence electrons. The minimum absolute atomic E-state index is 0. The molecule has 0 aliphatic heterocycles. The average Bonchev–Trinajstić information content (AvgIpc) is 2.32. The minimum Gasteiger partial charge on any atom is -0.303 e. The van der Waals surface area contributed by atoms with Crippen LogP contribution in [0, 0.1) is 12.1 Å². The molecule has 0 saturated heterocycles. The molecule has 2 aromatic rings. The molecule has 0 radical (unpaired) electrons. The van der Waals surface area contributed by atoms with Gasteiger partial charge < -0.3 is 14.7 Å². The van der Waals surface area contributed by atoms with Crippen molar-refractivity contribution in [2.75, 3.05) is 0 Å². The van der Waals surface area contributed by atoms with E-state index in [0.29, 0.717) is 0 Å². The standard InChI is InChI=1S/2C6H5.Ni.H3O4P/c2*1-2-4-6-5-3-1;;1-5(2,3)4/h2*1-5H;;(H3,1,2,3,4)/q2*-1;+2;. The molecule has 18 heavy (non-hydrogen) atoms. The van der Waals surface area contributed by atoms with Gasteiger partial charge in [-0.3, -0.25) is 0 Å². The SMILES string of the molecule is O=P(O)(O)O.[Ni+2].[c-]1ccccc1.[c-]1ccccc1. The summed E-state index contributed by atoms with van der Waals surface area (Å²) in [5.74, 6) is 0. The van der Waals surface area contributed by atoms with Crippen LogP contribution in [0.4, 0.5) is 0 Å². The van der Waals surface area contributed by atoms with E-state index in [0.717, 1.165) is 0 Å². The monoisotopic (exact) mass is 310 g/mol. The molecule has 4 nitrogen and oxygen atoms in total. The van der Waals surface area contributed by atoms with E-state index < -0.39 is 7.82 Å². The Morgan fingerprint density at radius 2 is 0.889 bits per heavy atom. The van der Waals surface area contributed by atoms with Crippen molar-refractivity contribution in [3.8, 4) is 0 Å². The van der Waals surface area contributed by atoms with Crippen LogP contribution in [0.25, 0.3) is 0 Å². The molecule has 6 heteroatoms. The largest absolute Gasteiger partial charge is 2.00 e. The van der Waals surface area contributed by atoms with Gasteiger partial charge in [0.15, 0.2) is 0 Å². The molecule has 0 saturated carbocycles. The maximum Gasteiger partial charge on any atom is 2.00 e. The van der Waals surface area contributed by atoms with Crippen molar-refractivity contribution >= 4 is 7.82 Å². The first kappa shape index (κ1) is 19.4. The second-order valence-electron chi connectivity index (χ2n) is 2.67. The Morgan fingerprint density at radius 3 is 0.944 bits per heavy atom. The smallest absolute Gasteiger partial charge is 0.303 e. The molecular weight excluding hydrogens is 298 g/mol. The zero-order chi connectivity index (χ0) is 13.0. The minimum atomic E-state index is -4.64. The summed E-state index contributed by atoms with van der Waals surface area (Å²) in [5, 5.41) is 0. The Bertz CT molecular complexity index is 312. The molecule has 0 aromatic heterocycles. The quantitative estimate of drug-likeness (QED) is 0.395. The molecule has 3 N–H and O–H groups in total. The van der Waals surface area contributed by atoms with Gasteiger partial charge in [0.25, 0.3) is 0 Å². The summed E-state index contributed by atoms with van der Waals surface area (Å²) in [6, 6.07) is 25.0. The van der Waals surface area contributed by atoms with Gasteiger partial charge in [0.05, 0.1) is 0 Å². The van der Waals surface area contributed by atoms with Crippen molar-refractivity contribution in [2.24, 2.45) is 0 Å². The molecule has 0 atom stereocenters. The Morgan fingerprint density at radius 1 is 0.667 bits per heavy atom. The maximum absolute atomic E-state index is 8.88. The van der Waals surface area contributed by atoms with Crippen LogP contribution in [0.15, 0.2) is 60.7 Å². The van der Waals surface area contributed by atoms with Crippen molar-refractivity contribution in [3.05, 3.63) is 72.8 Å². The zero-order valence-corrected chi connectivity index (χ0v) is 11.2. The molecule has 0 aliphatic rings. The maximum atomic E-state index is 8.88. The Kier molecular flexibility index (Phi) is 13.5. The van der Waals surface area contributed by atoms with Gasteiger partial charge in [-0.1, -0.05) is 0 Å². The van der Waals surface area contributed by atoms with E-state index in [4.69, 9.17) is 19.2 Å². The second-order valence-corrected chi connectivity index (χ2v) is 3.69. The molecule has 0 heterocycles. The van der Waals surface area contributed by atoms with Gasteiger partial charge in [0.1, 0.15) is 0 Å². The molecule has 2 aromatic carbocycles. The molecule has 0 bridgehead atoms. The third-order valence-corrected chi connectivity index (χ3v) is 1.21. The van der Waals surface area contributed by atoms with Crippen molar-refractivity contribution in [2.45, 2.75) is 0 Å². The summed E-state index contributed by atoms with van der Waals surface area (Å²) in [6.07, 6.45) is 0. The van der Waals surface area contributed by atoms with Crippen molar-refractivity contribution in [1.29, 1.82) is 0 Å². The van der Waals surface area contributed by atoms with Crippen LogP contribution in [0.5, 0.6) is 0 Å². The van der Waals surface area contributed by atoms with Crippen LogP contribution in [-0.4, -0.2) is 14.7 Å². The number of phosphoric acid groups is 1. The summed E-state index contributed by atoms with van der Waals surface area (Å²) >= 11 is 0. The van der Waals surface area contributed by atoms with Gasteiger partial charge in [0, 0.05) is 0 Å². The summed E-state index contributed by atoms with van der Waals surface area (Å²) < 4.78 is 8.88. The first-order chi connectivity index (χ1) is 8.00. The fraction of sp³-hybridized carbons (Fsp3) is 0. The van der Waals surface area contributed by atoms with Gasteiger partial charge >= 0.3 is 24.3 Å². The van der Waals surface area contributed by atoms with E-state index in [2.05, 4.69) is 12.1 Å². The number of hydrogen-bond donors (Lipinski definition) is 3. The Balaban J connectivity index is 0. The first-order valence-electron chi connectivity index (χ1n) is 4.60. The molecule has 0 unspecified atom stereocenters. The fourth-order valence-electron chi connectivity index (χ4n) is 0.684. The summed E-state index contributed by atoms with van der Waals surface area (Å²) in [4.78, 5) is 21.6. The summed E-state index contributed by atoms with van der Waals surface area (Å²) in [6.45, 7) is 0. The van der Waals surface area contributed by atoms with Crippen LogP contribution in [-0.2, 0) is 21.1 Å². The molecule has 0 aliphatic carbocycles. The van der Waals surface area contributed by atoms with Gasteiger partial charge in [0.2, 0.25) is 0 Å². The molecule has 2 rings (SSSR count). The second kappa shape index (κ2) is 12.5. The van der Waals surface area contributed by atoms with Crippen LogP contribution in [0.2, 0.25) is 0 Å². The third kappa shape index (κ3) is 24.3.